The van der Waals surface area contributed by atoms with Crippen LogP contribution in [0.1, 0.15) is 66.8 Å². The summed E-state index contributed by atoms with van der Waals surface area (Å²) in [5, 5.41) is 4.99. The van der Waals surface area contributed by atoms with E-state index in [4.69, 9.17) is 17.0 Å². The van der Waals surface area contributed by atoms with Crippen molar-refractivity contribution < 1.29 is 9.53 Å². The van der Waals surface area contributed by atoms with Gasteiger partial charge in [0, 0.05) is 17.0 Å². The Hall–Kier alpha value is -1.14. The van der Waals surface area contributed by atoms with E-state index in [1.807, 2.05) is 0 Å². The molecule has 0 saturated carbocycles. The maximum atomic E-state index is 12.3. The maximum absolute atomic E-state index is 12.3. The predicted molar refractivity (Wildman–Crippen MR) is 103 cm³/mol. The molecule has 132 valence electrons. The van der Waals surface area contributed by atoms with Gasteiger partial charge in [0.15, 0.2) is 5.11 Å². The average Bonchev–Trinajstić information content (AvgIpc) is 2.91. The van der Waals surface area contributed by atoms with Crippen molar-refractivity contribution in [1.29, 1.82) is 0 Å². The molecule has 0 radical (unpaired) electrons. The first-order valence-electron chi connectivity index (χ1n) is 8.85. The molecule has 1 saturated heterocycles. The van der Waals surface area contributed by atoms with Crippen molar-refractivity contribution in [1.82, 2.24) is 4.90 Å². The van der Waals surface area contributed by atoms with Crippen LogP contribution in [0.15, 0.2) is 0 Å². The zero-order valence-electron chi connectivity index (χ0n) is 14.7. The van der Waals surface area contributed by atoms with E-state index in [-0.39, 0.29) is 5.97 Å². The van der Waals surface area contributed by atoms with E-state index < -0.39 is 0 Å². The second kappa shape index (κ2) is 7.40. The molecule has 1 aliphatic carbocycles. The lowest BCUT2D eigenvalue weighted by Crippen LogP contribution is -2.49. The van der Waals surface area contributed by atoms with Crippen LogP contribution in [0.25, 0.3) is 0 Å². The lowest BCUT2D eigenvalue weighted by atomic mass is 9.95. The van der Waals surface area contributed by atoms with E-state index in [1.165, 1.54) is 30.4 Å². The summed E-state index contributed by atoms with van der Waals surface area (Å²) in [5.41, 5.74) is 1.88. The summed E-state index contributed by atoms with van der Waals surface area (Å²) in [6.07, 6.45) is 7.92. The quantitative estimate of drug-likeness (QED) is 0.622. The number of hydrogen-bond acceptors (Lipinski definition) is 4. The van der Waals surface area contributed by atoms with Crippen LogP contribution in [0.3, 0.4) is 0 Å². The second-order valence-corrected chi connectivity index (χ2v) is 8.36. The van der Waals surface area contributed by atoms with Gasteiger partial charge < -0.3 is 15.0 Å². The highest BCUT2D eigenvalue weighted by Gasteiger charge is 2.30. The van der Waals surface area contributed by atoms with Gasteiger partial charge in [-0.2, -0.15) is 0 Å². The third kappa shape index (κ3) is 3.31. The van der Waals surface area contributed by atoms with Crippen molar-refractivity contribution in [3.05, 3.63) is 16.0 Å². The summed E-state index contributed by atoms with van der Waals surface area (Å²) >= 11 is 7.38. The van der Waals surface area contributed by atoms with Gasteiger partial charge in [0.1, 0.15) is 5.00 Å². The van der Waals surface area contributed by atoms with Gasteiger partial charge >= 0.3 is 5.97 Å². The highest BCUT2D eigenvalue weighted by Crippen LogP contribution is 2.39. The summed E-state index contributed by atoms with van der Waals surface area (Å²) in [4.78, 5) is 15.9. The molecule has 0 aromatic carbocycles. The molecule has 1 aromatic heterocycles. The van der Waals surface area contributed by atoms with Crippen molar-refractivity contribution in [2.75, 3.05) is 12.4 Å². The smallest absolute Gasteiger partial charge is 0.341 e. The van der Waals surface area contributed by atoms with E-state index >= 15 is 0 Å². The van der Waals surface area contributed by atoms with Crippen LogP contribution in [0, 0.1) is 0 Å². The fourth-order valence-electron chi connectivity index (χ4n) is 3.96. The van der Waals surface area contributed by atoms with Gasteiger partial charge in [0.25, 0.3) is 0 Å². The number of aryl methyl sites for hydroxylation is 1. The summed E-state index contributed by atoms with van der Waals surface area (Å²) < 4.78 is 5.04. The number of rotatable bonds is 2. The van der Waals surface area contributed by atoms with Crippen molar-refractivity contribution in [3.63, 3.8) is 0 Å². The molecule has 1 aromatic rings. The standard InChI is InChI=1S/C18H26N2O2S2/c1-11-7-6-8-12(2)20(11)18(23)19-16-15(17(21)22-3)13-9-4-5-10-14(13)24-16/h11-12H,4-10H2,1-3H3,(H,19,23)/t11-,12-/m1/s1. The van der Waals surface area contributed by atoms with Gasteiger partial charge in [-0.25, -0.2) is 4.79 Å². The zero-order chi connectivity index (χ0) is 17.3. The third-order valence-electron chi connectivity index (χ3n) is 5.21. The number of nitrogens with one attached hydrogen (secondary N) is 1. The number of ether oxygens (including phenoxy) is 1. The highest BCUT2D eigenvalue weighted by molar-refractivity contribution is 7.80. The molecular formula is C18H26N2O2S2. The maximum Gasteiger partial charge on any atom is 0.341 e. The van der Waals surface area contributed by atoms with Gasteiger partial charge in [-0.15, -0.1) is 11.3 Å². The Kier molecular flexibility index (Phi) is 5.45. The first-order chi connectivity index (χ1) is 11.5. The number of carbonyl (C=O) groups is 1. The van der Waals surface area contributed by atoms with Crippen LogP contribution in [-0.2, 0) is 17.6 Å². The number of thiocarbonyl (C=S) groups is 1. The molecule has 3 rings (SSSR count). The lowest BCUT2D eigenvalue weighted by molar-refractivity contribution is 0.0601. The average molecular weight is 367 g/mol. The molecule has 24 heavy (non-hydrogen) atoms. The number of methoxy groups -OCH3 is 1. The molecule has 1 fully saturated rings. The van der Waals surface area contributed by atoms with Gasteiger partial charge in [-0.1, -0.05) is 0 Å². The normalized spacial score (nSPS) is 23.5. The van der Waals surface area contributed by atoms with Gasteiger partial charge in [-0.3, -0.25) is 0 Å². The van der Waals surface area contributed by atoms with Crippen LogP contribution >= 0.6 is 23.6 Å². The predicted octanol–water partition coefficient (Wildman–Crippen LogP) is 4.37. The molecule has 4 nitrogen and oxygen atoms in total. The van der Waals surface area contributed by atoms with Crippen LogP contribution in [-0.4, -0.2) is 35.2 Å². The molecule has 2 heterocycles. The molecule has 2 atom stereocenters. The number of nitrogens with zero attached hydrogens (tertiary/aromatic N) is 1. The molecule has 2 aliphatic rings. The summed E-state index contributed by atoms with van der Waals surface area (Å²) in [6.45, 7) is 4.45. The van der Waals surface area contributed by atoms with Gasteiger partial charge in [0.2, 0.25) is 0 Å². The van der Waals surface area contributed by atoms with Gasteiger partial charge in [0.05, 0.1) is 12.7 Å². The van der Waals surface area contributed by atoms with E-state index in [2.05, 4.69) is 24.1 Å². The number of anilines is 1. The van der Waals surface area contributed by atoms with Crippen LogP contribution < -0.4 is 5.32 Å². The number of carbonyl (C=O) groups excluding carboxylic acids is 1. The fourth-order valence-corrected chi connectivity index (χ4v) is 5.76. The molecular weight excluding hydrogens is 340 g/mol. The zero-order valence-corrected chi connectivity index (χ0v) is 16.3. The number of fused-ring (bicyclic) bond motifs is 1. The van der Waals surface area contributed by atoms with E-state index in [9.17, 15) is 4.79 Å². The topological polar surface area (TPSA) is 41.6 Å². The van der Waals surface area contributed by atoms with Crippen molar-refractivity contribution in [3.8, 4) is 0 Å². The van der Waals surface area contributed by atoms with Gasteiger partial charge in [-0.05, 0) is 76.6 Å². The van der Waals surface area contributed by atoms with E-state index in [0.717, 1.165) is 42.2 Å². The molecule has 0 unspecified atom stereocenters. The minimum absolute atomic E-state index is 0.251. The Morgan fingerprint density at radius 1 is 1.21 bits per heavy atom. The Morgan fingerprint density at radius 2 is 1.88 bits per heavy atom. The summed E-state index contributed by atoms with van der Waals surface area (Å²) in [6, 6.07) is 0.870. The molecule has 0 bridgehead atoms. The van der Waals surface area contributed by atoms with Crippen LogP contribution in [0.2, 0.25) is 0 Å². The van der Waals surface area contributed by atoms with Crippen molar-refractivity contribution in [2.45, 2.75) is 70.9 Å². The highest BCUT2D eigenvalue weighted by atomic mass is 32.1. The number of piperidine rings is 1. The van der Waals surface area contributed by atoms with Crippen molar-refractivity contribution in [2.24, 2.45) is 0 Å². The molecule has 0 amide bonds. The Labute approximate surface area is 153 Å². The Morgan fingerprint density at radius 3 is 2.54 bits per heavy atom. The number of esters is 1. The number of thiophene rings is 1. The second-order valence-electron chi connectivity index (χ2n) is 6.87. The van der Waals surface area contributed by atoms with Crippen molar-refractivity contribution >= 4 is 39.6 Å². The van der Waals surface area contributed by atoms with Crippen LogP contribution in [0.4, 0.5) is 5.00 Å². The molecule has 1 N–H and O–H groups in total. The first kappa shape index (κ1) is 17.7. The van der Waals surface area contributed by atoms with E-state index in [1.54, 1.807) is 11.3 Å². The first-order valence-corrected chi connectivity index (χ1v) is 10.1. The van der Waals surface area contributed by atoms with Crippen LogP contribution in [0.5, 0.6) is 0 Å². The minimum Gasteiger partial charge on any atom is -0.465 e. The summed E-state index contributed by atoms with van der Waals surface area (Å²) in [7, 11) is 1.45. The Bertz CT molecular complexity index is 631. The fraction of sp³-hybridized carbons (Fsp3) is 0.667. The third-order valence-corrected chi connectivity index (χ3v) is 6.73. The van der Waals surface area contributed by atoms with E-state index in [0.29, 0.717) is 17.6 Å². The lowest BCUT2D eigenvalue weighted by Gasteiger charge is -2.40. The largest absolute Gasteiger partial charge is 0.465 e. The molecule has 1 aliphatic heterocycles. The molecule has 0 spiro atoms. The summed E-state index contributed by atoms with van der Waals surface area (Å²) in [5.74, 6) is -0.251. The molecule has 6 heteroatoms. The Balaban J connectivity index is 1.87. The number of likely N-dealkylation sites (tertiary alicyclic amines) is 1. The SMILES string of the molecule is COC(=O)c1c(NC(=S)N2[C@H](C)CCC[C@H]2C)sc2c1CCCC2. The monoisotopic (exact) mass is 366 g/mol. The minimum atomic E-state index is -0.251. The number of hydrogen-bond donors (Lipinski definition) is 1.